The first-order valence-corrected chi connectivity index (χ1v) is 5.14. The van der Waals surface area contributed by atoms with Crippen LogP contribution < -0.4 is 0 Å². The average molecular weight is 162 g/mol. The molecule has 0 aromatic rings. The van der Waals surface area contributed by atoms with E-state index in [1.54, 1.807) is 0 Å². The van der Waals surface area contributed by atoms with Crippen molar-refractivity contribution in [2.45, 2.75) is 34.1 Å². The molecule has 0 N–H and O–H groups in total. The lowest BCUT2D eigenvalue weighted by atomic mass is 9.60. The summed E-state index contributed by atoms with van der Waals surface area (Å²) in [5.74, 6) is 1.90. The molecule has 0 aromatic carbocycles. The Morgan fingerprint density at radius 1 is 1.08 bits per heavy atom. The molecule has 4 atom stereocenters. The van der Waals surface area contributed by atoms with Crippen LogP contribution in [0.3, 0.4) is 0 Å². The Morgan fingerprint density at radius 3 is 2.33 bits per heavy atom. The number of hydrogen-bond acceptors (Lipinski definition) is 0. The second kappa shape index (κ2) is 1.42. The van der Waals surface area contributed by atoms with Crippen LogP contribution in [0.25, 0.3) is 0 Å². The number of hydrogen-bond donors (Lipinski definition) is 0. The van der Waals surface area contributed by atoms with Crippen LogP contribution in [-0.2, 0) is 0 Å². The number of rotatable bonds is 0. The molecule has 0 heterocycles. The highest BCUT2D eigenvalue weighted by atomic mass is 14.9. The van der Waals surface area contributed by atoms with E-state index in [0.29, 0.717) is 16.2 Å². The summed E-state index contributed by atoms with van der Waals surface area (Å²) in [6.07, 6.45) is 6.22. The fourth-order valence-electron chi connectivity index (χ4n) is 4.78. The van der Waals surface area contributed by atoms with Gasteiger partial charge in [0.1, 0.15) is 0 Å². The van der Waals surface area contributed by atoms with Crippen LogP contribution in [0.2, 0.25) is 0 Å². The van der Waals surface area contributed by atoms with Crippen molar-refractivity contribution in [1.29, 1.82) is 0 Å². The lowest BCUT2D eigenvalue weighted by molar-refractivity contribution is 0.0513. The van der Waals surface area contributed by atoms with E-state index in [0.717, 1.165) is 11.8 Å². The maximum atomic E-state index is 2.50. The third-order valence-electron chi connectivity index (χ3n) is 6.19. The van der Waals surface area contributed by atoms with Gasteiger partial charge in [-0.3, -0.25) is 0 Å². The van der Waals surface area contributed by atoms with Gasteiger partial charge in [-0.1, -0.05) is 39.8 Å². The van der Waals surface area contributed by atoms with Crippen molar-refractivity contribution < 1.29 is 0 Å². The SMILES string of the molecule is CC1(C)[C@]2(C)[C@H]3C=CC[C@H]3[C@]12C. The molecule has 66 valence electrons. The van der Waals surface area contributed by atoms with Gasteiger partial charge in [-0.05, 0) is 34.5 Å². The molecule has 0 aromatic heterocycles. The van der Waals surface area contributed by atoms with Crippen LogP contribution >= 0.6 is 0 Å². The predicted octanol–water partition coefficient (Wildman–Crippen LogP) is 3.24. The van der Waals surface area contributed by atoms with Crippen LogP contribution in [0.5, 0.6) is 0 Å². The van der Waals surface area contributed by atoms with E-state index < -0.39 is 0 Å². The molecule has 12 heavy (non-hydrogen) atoms. The first-order chi connectivity index (χ1) is 5.48. The Morgan fingerprint density at radius 2 is 1.75 bits per heavy atom. The molecule has 0 aliphatic heterocycles. The summed E-state index contributed by atoms with van der Waals surface area (Å²) in [5.41, 5.74) is 1.89. The van der Waals surface area contributed by atoms with E-state index in [1.165, 1.54) is 6.42 Å². The fraction of sp³-hybridized carbons (Fsp3) is 0.833. The maximum Gasteiger partial charge on any atom is -0.0132 e. The van der Waals surface area contributed by atoms with Gasteiger partial charge in [0.25, 0.3) is 0 Å². The minimum absolute atomic E-state index is 0.597. The van der Waals surface area contributed by atoms with E-state index in [1.807, 2.05) is 0 Å². The highest BCUT2D eigenvalue weighted by Crippen LogP contribution is 2.94. The van der Waals surface area contributed by atoms with Gasteiger partial charge in [0, 0.05) is 0 Å². The normalized spacial score (nSPS) is 63.7. The Hall–Kier alpha value is -0.260. The van der Waals surface area contributed by atoms with E-state index in [-0.39, 0.29) is 0 Å². The molecule has 0 heteroatoms. The van der Waals surface area contributed by atoms with Gasteiger partial charge in [0.2, 0.25) is 0 Å². The quantitative estimate of drug-likeness (QED) is 0.480. The van der Waals surface area contributed by atoms with Crippen molar-refractivity contribution in [3.63, 3.8) is 0 Å². The summed E-state index contributed by atoms with van der Waals surface area (Å²) < 4.78 is 0. The van der Waals surface area contributed by atoms with Crippen molar-refractivity contribution in [3.8, 4) is 0 Å². The van der Waals surface area contributed by atoms with Crippen molar-refractivity contribution in [2.24, 2.45) is 28.1 Å². The van der Waals surface area contributed by atoms with Gasteiger partial charge in [-0.2, -0.15) is 0 Å². The third kappa shape index (κ3) is 0.341. The molecule has 0 nitrogen and oxygen atoms in total. The smallest absolute Gasteiger partial charge is 0.0132 e. The van der Waals surface area contributed by atoms with Crippen molar-refractivity contribution >= 4 is 0 Å². The molecule has 2 fully saturated rings. The van der Waals surface area contributed by atoms with Crippen LogP contribution in [-0.4, -0.2) is 0 Å². The van der Waals surface area contributed by atoms with Crippen molar-refractivity contribution in [1.82, 2.24) is 0 Å². The molecular weight excluding hydrogens is 144 g/mol. The standard InChI is InChI=1S/C12H18/c1-10(2)11(3)8-6-5-7-9(8)12(10,11)4/h5-6,8-9H,7H2,1-4H3/t8-,9+,11-,12+/m0/s1. The summed E-state index contributed by atoms with van der Waals surface area (Å²) in [4.78, 5) is 0. The van der Waals surface area contributed by atoms with E-state index >= 15 is 0 Å². The Kier molecular flexibility index (Phi) is 0.852. The molecule has 0 bridgehead atoms. The second-order valence-electron chi connectivity index (χ2n) is 5.83. The molecule has 0 amide bonds. The van der Waals surface area contributed by atoms with E-state index in [2.05, 4.69) is 39.8 Å². The third-order valence-corrected chi connectivity index (χ3v) is 6.19. The average Bonchev–Trinajstić information content (AvgIpc) is 2.49. The zero-order valence-electron chi connectivity index (χ0n) is 8.52. The largest absolute Gasteiger partial charge is 0.0879 e. The topological polar surface area (TPSA) is 0 Å². The minimum Gasteiger partial charge on any atom is -0.0879 e. The van der Waals surface area contributed by atoms with Gasteiger partial charge in [0.15, 0.2) is 0 Å². The molecule has 0 saturated heterocycles. The molecule has 2 saturated carbocycles. The second-order valence-corrected chi connectivity index (χ2v) is 5.83. The van der Waals surface area contributed by atoms with Gasteiger partial charge < -0.3 is 0 Å². The molecule has 0 unspecified atom stereocenters. The zero-order valence-corrected chi connectivity index (χ0v) is 8.52. The highest BCUT2D eigenvalue weighted by Gasteiger charge is 2.89. The van der Waals surface area contributed by atoms with Crippen LogP contribution in [0.4, 0.5) is 0 Å². The summed E-state index contributed by atoms with van der Waals surface area (Å²) in [5, 5.41) is 0. The predicted molar refractivity (Wildman–Crippen MR) is 50.7 cm³/mol. The Balaban J connectivity index is 2.09. The summed E-state index contributed by atoms with van der Waals surface area (Å²) in [7, 11) is 0. The molecule has 3 aliphatic carbocycles. The van der Waals surface area contributed by atoms with Crippen LogP contribution in [0.15, 0.2) is 12.2 Å². The minimum atomic E-state index is 0.597. The zero-order chi connectivity index (χ0) is 8.78. The molecular formula is C12H18. The van der Waals surface area contributed by atoms with Gasteiger partial charge in [0.05, 0.1) is 0 Å². The number of fused-ring (bicyclic) bond motifs is 4. The Bertz CT molecular complexity index is 286. The monoisotopic (exact) mass is 162 g/mol. The fourth-order valence-corrected chi connectivity index (χ4v) is 4.78. The van der Waals surface area contributed by atoms with Crippen LogP contribution in [0.1, 0.15) is 34.1 Å². The lowest BCUT2D eigenvalue weighted by Gasteiger charge is -2.44. The molecule has 0 radical (unpaired) electrons. The van der Waals surface area contributed by atoms with Gasteiger partial charge in [-0.15, -0.1) is 0 Å². The van der Waals surface area contributed by atoms with Gasteiger partial charge in [-0.25, -0.2) is 0 Å². The maximum absolute atomic E-state index is 2.50. The molecule has 0 spiro atoms. The molecule has 3 rings (SSSR count). The van der Waals surface area contributed by atoms with Gasteiger partial charge >= 0.3 is 0 Å². The first-order valence-electron chi connectivity index (χ1n) is 5.14. The van der Waals surface area contributed by atoms with E-state index in [4.69, 9.17) is 0 Å². The summed E-state index contributed by atoms with van der Waals surface area (Å²) in [6.45, 7) is 9.91. The number of allylic oxidation sites excluding steroid dienone is 2. The first kappa shape index (κ1) is 7.17. The Labute approximate surface area is 75.0 Å². The van der Waals surface area contributed by atoms with Crippen LogP contribution in [0, 0.1) is 28.1 Å². The summed E-state index contributed by atoms with van der Waals surface area (Å²) >= 11 is 0. The highest BCUT2D eigenvalue weighted by molar-refractivity contribution is 5.41. The molecule has 3 aliphatic rings. The lowest BCUT2D eigenvalue weighted by Crippen LogP contribution is -2.39. The summed E-state index contributed by atoms with van der Waals surface area (Å²) in [6, 6.07) is 0. The van der Waals surface area contributed by atoms with Crippen molar-refractivity contribution in [2.75, 3.05) is 0 Å². The van der Waals surface area contributed by atoms with E-state index in [9.17, 15) is 0 Å². The van der Waals surface area contributed by atoms with Crippen molar-refractivity contribution in [3.05, 3.63) is 12.2 Å².